The van der Waals surface area contributed by atoms with Crippen molar-refractivity contribution in [3.8, 4) is 11.6 Å². The van der Waals surface area contributed by atoms with Gasteiger partial charge in [-0.25, -0.2) is 18.7 Å². The summed E-state index contributed by atoms with van der Waals surface area (Å²) in [6, 6.07) is 2.93. The van der Waals surface area contributed by atoms with Crippen molar-refractivity contribution in [2.24, 2.45) is 0 Å². The minimum absolute atomic E-state index is 0.0117. The van der Waals surface area contributed by atoms with Crippen LogP contribution in [0, 0.1) is 11.6 Å². The molecule has 0 aliphatic rings. The number of rotatable bonds is 3. The molecule has 18 heavy (non-hydrogen) atoms. The predicted octanol–water partition coefficient (Wildman–Crippen LogP) is 3.94. The van der Waals surface area contributed by atoms with Gasteiger partial charge in [-0.05, 0) is 12.1 Å². The first-order valence-corrected chi connectivity index (χ1v) is 5.71. The average molecular weight is 291 g/mol. The van der Waals surface area contributed by atoms with Crippen LogP contribution in [0.1, 0.15) is 5.56 Å². The third-order valence-electron chi connectivity index (χ3n) is 2.09. The van der Waals surface area contributed by atoms with E-state index in [1.54, 1.807) is 0 Å². The number of ether oxygens (including phenoxy) is 1. The summed E-state index contributed by atoms with van der Waals surface area (Å²) in [5.74, 6) is -1.66. The molecule has 0 radical (unpaired) electrons. The summed E-state index contributed by atoms with van der Waals surface area (Å²) in [5, 5.41) is 0.123. The fourth-order valence-corrected chi connectivity index (χ4v) is 1.74. The van der Waals surface area contributed by atoms with E-state index >= 15 is 0 Å². The second-order valence-corrected chi connectivity index (χ2v) is 3.88. The van der Waals surface area contributed by atoms with E-state index in [0.717, 1.165) is 18.5 Å². The van der Waals surface area contributed by atoms with E-state index in [1.807, 2.05) is 0 Å². The van der Waals surface area contributed by atoms with Crippen LogP contribution in [0.15, 0.2) is 24.5 Å². The lowest BCUT2D eigenvalue weighted by atomic mass is 10.3. The van der Waals surface area contributed by atoms with E-state index in [0.29, 0.717) is 11.6 Å². The number of hydrogen-bond acceptors (Lipinski definition) is 3. The van der Waals surface area contributed by atoms with Gasteiger partial charge in [0.05, 0.1) is 11.4 Å². The fraction of sp³-hybridized carbons (Fsp3) is 0.0909. The van der Waals surface area contributed by atoms with Crippen molar-refractivity contribution in [1.82, 2.24) is 9.97 Å². The molecule has 1 heterocycles. The number of halogens is 4. The molecule has 0 aliphatic heterocycles. The largest absolute Gasteiger partial charge is 0.435 e. The molecule has 0 N–H and O–H groups in total. The fourth-order valence-electron chi connectivity index (χ4n) is 1.24. The average Bonchev–Trinajstić information content (AvgIpc) is 2.33. The second-order valence-electron chi connectivity index (χ2n) is 3.26. The molecule has 0 fully saturated rings. The van der Waals surface area contributed by atoms with Crippen LogP contribution in [0.2, 0.25) is 5.15 Å². The van der Waals surface area contributed by atoms with E-state index in [2.05, 4.69) is 9.97 Å². The standard InChI is InChI=1S/C11H6Cl2F2N2O/c12-4-7-10(13)16-5-17-11(7)18-9-2-1-6(14)3-8(9)15/h1-3,5H,4H2. The molecule has 0 saturated carbocycles. The summed E-state index contributed by atoms with van der Waals surface area (Å²) in [7, 11) is 0. The van der Waals surface area contributed by atoms with Gasteiger partial charge in [0.1, 0.15) is 17.3 Å². The SMILES string of the molecule is Fc1ccc(Oc2ncnc(Cl)c2CCl)c(F)c1. The van der Waals surface area contributed by atoms with E-state index < -0.39 is 11.6 Å². The molecular formula is C11H6Cl2F2N2O. The van der Waals surface area contributed by atoms with Crippen LogP contribution in [0.4, 0.5) is 8.78 Å². The van der Waals surface area contributed by atoms with Crippen LogP contribution in [-0.4, -0.2) is 9.97 Å². The van der Waals surface area contributed by atoms with E-state index in [1.165, 1.54) is 0 Å². The summed E-state index contributed by atoms with van der Waals surface area (Å²) >= 11 is 11.5. The van der Waals surface area contributed by atoms with Gasteiger partial charge in [-0.15, -0.1) is 11.6 Å². The predicted molar refractivity (Wildman–Crippen MR) is 63.0 cm³/mol. The maximum absolute atomic E-state index is 13.4. The molecule has 0 saturated heterocycles. The lowest BCUT2D eigenvalue weighted by Crippen LogP contribution is -1.97. The molecule has 0 amide bonds. The highest BCUT2D eigenvalue weighted by molar-refractivity contribution is 6.31. The Balaban J connectivity index is 2.37. The van der Waals surface area contributed by atoms with Crippen molar-refractivity contribution in [3.05, 3.63) is 46.9 Å². The first-order chi connectivity index (χ1) is 8.61. The minimum atomic E-state index is -0.842. The van der Waals surface area contributed by atoms with Crippen molar-refractivity contribution >= 4 is 23.2 Å². The Kier molecular flexibility index (Phi) is 3.93. The Morgan fingerprint density at radius 3 is 2.67 bits per heavy atom. The van der Waals surface area contributed by atoms with Crippen molar-refractivity contribution in [3.63, 3.8) is 0 Å². The van der Waals surface area contributed by atoms with Gasteiger partial charge in [-0.1, -0.05) is 11.6 Å². The monoisotopic (exact) mass is 290 g/mol. The van der Waals surface area contributed by atoms with Gasteiger partial charge in [0.15, 0.2) is 11.6 Å². The highest BCUT2D eigenvalue weighted by Gasteiger charge is 2.13. The van der Waals surface area contributed by atoms with Gasteiger partial charge >= 0.3 is 0 Å². The Morgan fingerprint density at radius 2 is 2.00 bits per heavy atom. The van der Waals surface area contributed by atoms with Crippen LogP contribution in [0.25, 0.3) is 0 Å². The third-order valence-corrected chi connectivity index (χ3v) is 2.68. The summed E-state index contributed by atoms with van der Waals surface area (Å²) in [6.45, 7) is 0. The first kappa shape index (κ1) is 13.0. The normalized spacial score (nSPS) is 10.4. The number of alkyl halides is 1. The summed E-state index contributed by atoms with van der Waals surface area (Å²) < 4.78 is 31.3. The highest BCUT2D eigenvalue weighted by atomic mass is 35.5. The summed E-state index contributed by atoms with van der Waals surface area (Å²) in [4.78, 5) is 7.53. The Bertz CT molecular complexity index is 581. The van der Waals surface area contributed by atoms with Crippen LogP contribution in [-0.2, 0) is 5.88 Å². The van der Waals surface area contributed by atoms with Crippen molar-refractivity contribution < 1.29 is 13.5 Å². The highest BCUT2D eigenvalue weighted by Crippen LogP contribution is 2.29. The van der Waals surface area contributed by atoms with E-state index in [-0.39, 0.29) is 22.7 Å². The number of nitrogens with zero attached hydrogens (tertiary/aromatic N) is 2. The quantitative estimate of drug-likeness (QED) is 0.634. The Labute approximate surface area is 111 Å². The first-order valence-electron chi connectivity index (χ1n) is 4.80. The maximum atomic E-state index is 13.4. The number of hydrogen-bond donors (Lipinski definition) is 0. The minimum Gasteiger partial charge on any atom is -0.435 e. The molecule has 1 aromatic heterocycles. The smallest absolute Gasteiger partial charge is 0.228 e. The molecule has 3 nitrogen and oxygen atoms in total. The third kappa shape index (κ3) is 2.68. The molecule has 0 bridgehead atoms. The zero-order chi connectivity index (χ0) is 13.1. The number of benzene rings is 1. The van der Waals surface area contributed by atoms with Crippen LogP contribution < -0.4 is 4.74 Å². The molecule has 0 aliphatic carbocycles. The lowest BCUT2D eigenvalue weighted by molar-refractivity contribution is 0.419. The van der Waals surface area contributed by atoms with Gasteiger partial charge in [0, 0.05) is 6.07 Å². The summed E-state index contributed by atoms with van der Waals surface area (Å²) in [6.07, 6.45) is 1.16. The van der Waals surface area contributed by atoms with Gasteiger partial charge in [0.25, 0.3) is 0 Å². The van der Waals surface area contributed by atoms with E-state index in [4.69, 9.17) is 27.9 Å². The van der Waals surface area contributed by atoms with Crippen LogP contribution in [0.3, 0.4) is 0 Å². The van der Waals surface area contributed by atoms with Crippen LogP contribution >= 0.6 is 23.2 Å². The van der Waals surface area contributed by atoms with Gasteiger partial charge in [-0.2, -0.15) is 0 Å². The molecule has 94 valence electrons. The molecule has 0 atom stereocenters. The molecule has 2 rings (SSSR count). The zero-order valence-corrected chi connectivity index (χ0v) is 10.3. The molecule has 2 aromatic rings. The molecular weight excluding hydrogens is 285 g/mol. The molecule has 0 spiro atoms. The number of aromatic nitrogens is 2. The van der Waals surface area contributed by atoms with Crippen LogP contribution in [0.5, 0.6) is 11.6 Å². The van der Waals surface area contributed by atoms with Crippen molar-refractivity contribution in [2.45, 2.75) is 5.88 Å². The van der Waals surface area contributed by atoms with Gasteiger partial charge in [0.2, 0.25) is 5.88 Å². The van der Waals surface area contributed by atoms with Crippen molar-refractivity contribution in [2.75, 3.05) is 0 Å². The molecule has 7 heteroatoms. The van der Waals surface area contributed by atoms with Crippen molar-refractivity contribution in [1.29, 1.82) is 0 Å². The molecule has 0 unspecified atom stereocenters. The second kappa shape index (κ2) is 5.46. The Hall–Kier alpha value is -1.46. The Morgan fingerprint density at radius 1 is 1.22 bits per heavy atom. The van der Waals surface area contributed by atoms with E-state index in [9.17, 15) is 8.78 Å². The zero-order valence-electron chi connectivity index (χ0n) is 8.83. The molecule has 1 aromatic carbocycles. The topological polar surface area (TPSA) is 35.0 Å². The van der Waals surface area contributed by atoms with Gasteiger partial charge in [-0.3, -0.25) is 0 Å². The lowest BCUT2D eigenvalue weighted by Gasteiger charge is -2.09. The van der Waals surface area contributed by atoms with Gasteiger partial charge < -0.3 is 4.74 Å². The maximum Gasteiger partial charge on any atom is 0.228 e. The summed E-state index contributed by atoms with van der Waals surface area (Å²) in [5.41, 5.74) is 0.338.